The van der Waals surface area contributed by atoms with E-state index in [4.69, 9.17) is 11.6 Å². The van der Waals surface area contributed by atoms with E-state index in [9.17, 15) is 14.9 Å². The van der Waals surface area contributed by atoms with Crippen LogP contribution in [0.4, 0.5) is 11.4 Å². The van der Waals surface area contributed by atoms with Gasteiger partial charge in [0.2, 0.25) is 5.91 Å². The highest BCUT2D eigenvalue weighted by Gasteiger charge is 2.13. The molecule has 1 amide bonds. The zero-order valence-electron chi connectivity index (χ0n) is 12.8. The first-order chi connectivity index (χ1) is 11.5. The van der Waals surface area contributed by atoms with Crippen LogP contribution in [-0.4, -0.2) is 28.8 Å². The van der Waals surface area contributed by atoms with E-state index in [1.54, 1.807) is 12.1 Å². The van der Waals surface area contributed by atoms with Crippen molar-refractivity contribution in [2.45, 2.75) is 6.54 Å². The molecule has 1 aromatic carbocycles. The number of hydrogen-bond acceptors (Lipinski definition) is 5. The maximum Gasteiger partial charge on any atom is 0.271 e. The summed E-state index contributed by atoms with van der Waals surface area (Å²) in [5.74, 6) is -0.250. The zero-order chi connectivity index (χ0) is 17.5. The van der Waals surface area contributed by atoms with Crippen molar-refractivity contribution in [3.05, 3.63) is 68.4 Å². The summed E-state index contributed by atoms with van der Waals surface area (Å²) in [6.45, 7) is 4.96. The second kappa shape index (κ2) is 8.58. The van der Waals surface area contributed by atoms with Gasteiger partial charge in [0.1, 0.15) is 0 Å². The SMILES string of the molecule is C=CCN(CC(=O)Nc1cccc([N+](=O)[O-])c1)Cc1ccc(Cl)s1. The van der Waals surface area contributed by atoms with Gasteiger partial charge in [0.25, 0.3) is 5.69 Å². The van der Waals surface area contributed by atoms with E-state index in [-0.39, 0.29) is 18.1 Å². The molecular formula is C16H16ClN3O3S. The molecule has 0 aliphatic rings. The number of hydrogen-bond donors (Lipinski definition) is 1. The third-order valence-electron chi connectivity index (χ3n) is 3.10. The van der Waals surface area contributed by atoms with Crippen molar-refractivity contribution >= 4 is 40.2 Å². The van der Waals surface area contributed by atoms with Gasteiger partial charge < -0.3 is 5.32 Å². The highest BCUT2D eigenvalue weighted by Crippen LogP contribution is 2.23. The fraction of sp³-hybridized carbons (Fsp3) is 0.188. The Kier molecular flexibility index (Phi) is 6.48. The van der Waals surface area contributed by atoms with Gasteiger partial charge >= 0.3 is 0 Å². The molecule has 2 rings (SSSR count). The van der Waals surface area contributed by atoms with Crippen molar-refractivity contribution in [2.75, 3.05) is 18.4 Å². The number of nitrogens with one attached hydrogen (secondary N) is 1. The number of nitro benzene ring substituents is 1. The summed E-state index contributed by atoms with van der Waals surface area (Å²) in [5.41, 5.74) is 0.330. The summed E-state index contributed by atoms with van der Waals surface area (Å²) in [5, 5.41) is 13.4. The third-order valence-corrected chi connectivity index (χ3v) is 4.32. The molecule has 6 nitrogen and oxygen atoms in total. The summed E-state index contributed by atoms with van der Waals surface area (Å²) in [4.78, 5) is 25.4. The van der Waals surface area contributed by atoms with Crippen molar-refractivity contribution < 1.29 is 9.72 Å². The van der Waals surface area contributed by atoms with Crippen LogP contribution >= 0.6 is 22.9 Å². The molecule has 2 aromatic rings. The molecule has 126 valence electrons. The molecule has 0 atom stereocenters. The summed E-state index contributed by atoms with van der Waals surface area (Å²) in [6.07, 6.45) is 1.72. The van der Waals surface area contributed by atoms with E-state index in [1.165, 1.54) is 29.5 Å². The van der Waals surface area contributed by atoms with Gasteiger partial charge in [-0.15, -0.1) is 17.9 Å². The maximum atomic E-state index is 12.2. The number of non-ortho nitro benzene ring substituents is 1. The first kappa shape index (κ1) is 18.1. The zero-order valence-corrected chi connectivity index (χ0v) is 14.3. The standard InChI is InChI=1S/C16H16ClN3O3S/c1-2-8-19(10-14-6-7-15(17)24-14)11-16(21)18-12-4-3-5-13(9-12)20(22)23/h2-7,9H,1,8,10-11H2,(H,18,21). The molecule has 0 saturated carbocycles. The average molecular weight is 366 g/mol. The Hall–Kier alpha value is -2.22. The molecule has 0 bridgehead atoms. The molecular weight excluding hydrogens is 350 g/mol. The number of thiophene rings is 1. The van der Waals surface area contributed by atoms with Crippen molar-refractivity contribution in [1.29, 1.82) is 0 Å². The number of carbonyl (C=O) groups excluding carboxylic acids is 1. The van der Waals surface area contributed by atoms with E-state index in [2.05, 4.69) is 11.9 Å². The Morgan fingerprint density at radius 2 is 2.21 bits per heavy atom. The van der Waals surface area contributed by atoms with Crippen LogP contribution in [0, 0.1) is 10.1 Å². The van der Waals surface area contributed by atoms with Crippen molar-refractivity contribution in [3.8, 4) is 0 Å². The number of nitro groups is 1. The van der Waals surface area contributed by atoms with Gasteiger partial charge in [-0.05, 0) is 18.2 Å². The second-order valence-electron chi connectivity index (χ2n) is 5.02. The molecule has 0 unspecified atom stereocenters. The van der Waals surface area contributed by atoms with E-state index < -0.39 is 4.92 Å². The number of nitrogens with zero attached hydrogens (tertiary/aromatic N) is 2. The highest BCUT2D eigenvalue weighted by molar-refractivity contribution is 7.16. The lowest BCUT2D eigenvalue weighted by Gasteiger charge is -2.19. The van der Waals surface area contributed by atoms with Crippen LogP contribution in [-0.2, 0) is 11.3 Å². The predicted molar refractivity (Wildman–Crippen MR) is 96.5 cm³/mol. The Morgan fingerprint density at radius 1 is 1.42 bits per heavy atom. The van der Waals surface area contributed by atoms with Crippen molar-refractivity contribution in [1.82, 2.24) is 4.90 Å². The van der Waals surface area contributed by atoms with Crippen LogP contribution in [0.25, 0.3) is 0 Å². The number of halogens is 1. The van der Waals surface area contributed by atoms with Crippen LogP contribution in [0.2, 0.25) is 4.34 Å². The Morgan fingerprint density at radius 3 is 2.83 bits per heavy atom. The minimum absolute atomic E-state index is 0.0658. The van der Waals surface area contributed by atoms with Crippen molar-refractivity contribution in [2.24, 2.45) is 0 Å². The lowest BCUT2D eigenvalue weighted by Crippen LogP contribution is -2.32. The minimum Gasteiger partial charge on any atom is -0.325 e. The summed E-state index contributed by atoms with van der Waals surface area (Å²) >= 11 is 7.38. The normalized spacial score (nSPS) is 10.6. The van der Waals surface area contributed by atoms with Gasteiger partial charge in [0.15, 0.2) is 0 Å². The van der Waals surface area contributed by atoms with E-state index in [1.807, 2.05) is 17.0 Å². The maximum absolute atomic E-state index is 12.2. The number of anilines is 1. The largest absolute Gasteiger partial charge is 0.325 e. The van der Waals surface area contributed by atoms with Crippen LogP contribution in [0.5, 0.6) is 0 Å². The Balaban J connectivity index is 1.98. The molecule has 0 fully saturated rings. The molecule has 24 heavy (non-hydrogen) atoms. The van der Waals surface area contributed by atoms with Gasteiger partial charge in [-0.1, -0.05) is 23.7 Å². The topological polar surface area (TPSA) is 75.5 Å². The first-order valence-electron chi connectivity index (χ1n) is 7.09. The lowest BCUT2D eigenvalue weighted by molar-refractivity contribution is -0.384. The molecule has 0 radical (unpaired) electrons. The molecule has 0 spiro atoms. The third kappa shape index (κ3) is 5.45. The second-order valence-corrected chi connectivity index (χ2v) is 6.82. The van der Waals surface area contributed by atoms with E-state index in [0.717, 1.165) is 4.88 Å². The first-order valence-corrected chi connectivity index (χ1v) is 8.29. The predicted octanol–water partition coefficient (Wildman–Crippen LogP) is 3.94. The van der Waals surface area contributed by atoms with Gasteiger partial charge in [0, 0.05) is 35.8 Å². The Labute approximate surface area is 148 Å². The van der Waals surface area contributed by atoms with E-state index in [0.29, 0.717) is 23.1 Å². The van der Waals surface area contributed by atoms with Gasteiger partial charge in [-0.25, -0.2) is 0 Å². The van der Waals surface area contributed by atoms with Crippen LogP contribution < -0.4 is 5.32 Å². The summed E-state index contributed by atoms with van der Waals surface area (Å²) < 4.78 is 0.699. The van der Waals surface area contributed by atoms with E-state index >= 15 is 0 Å². The number of benzene rings is 1. The number of rotatable bonds is 8. The molecule has 1 N–H and O–H groups in total. The summed E-state index contributed by atoms with van der Waals surface area (Å²) in [7, 11) is 0. The molecule has 1 heterocycles. The van der Waals surface area contributed by atoms with Crippen LogP contribution in [0.1, 0.15) is 4.88 Å². The molecule has 0 aliphatic heterocycles. The van der Waals surface area contributed by atoms with Gasteiger partial charge in [-0.2, -0.15) is 0 Å². The van der Waals surface area contributed by atoms with Gasteiger partial charge in [-0.3, -0.25) is 19.8 Å². The molecule has 8 heteroatoms. The smallest absolute Gasteiger partial charge is 0.271 e. The quantitative estimate of drug-likeness (QED) is 0.437. The average Bonchev–Trinajstić information content (AvgIpc) is 2.92. The minimum atomic E-state index is -0.500. The monoisotopic (exact) mass is 365 g/mol. The lowest BCUT2D eigenvalue weighted by atomic mass is 10.3. The molecule has 0 aliphatic carbocycles. The van der Waals surface area contributed by atoms with Gasteiger partial charge in [0.05, 0.1) is 15.8 Å². The fourth-order valence-corrected chi connectivity index (χ4v) is 3.26. The highest BCUT2D eigenvalue weighted by atomic mass is 35.5. The van der Waals surface area contributed by atoms with Crippen LogP contribution in [0.15, 0.2) is 49.1 Å². The van der Waals surface area contributed by atoms with Crippen LogP contribution in [0.3, 0.4) is 0 Å². The number of amides is 1. The molecule has 1 aromatic heterocycles. The summed E-state index contributed by atoms with van der Waals surface area (Å²) in [6, 6.07) is 9.58. The number of carbonyl (C=O) groups is 1. The van der Waals surface area contributed by atoms with Crippen molar-refractivity contribution in [3.63, 3.8) is 0 Å². The Bertz CT molecular complexity index is 748. The molecule has 0 saturated heterocycles. The fourth-order valence-electron chi connectivity index (χ4n) is 2.13.